The summed E-state index contributed by atoms with van der Waals surface area (Å²) in [5, 5.41) is 9.06. The van der Waals surface area contributed by atoms with Gasteiger partial charge in [0.15, 0.2) is 0 Å². The Morgan fingerprint density at radius 2 is 1.65 bits per heavy atom. The molecule has 3 N–H and O–H groups in total. The molecule has 192 valence electrons. The molecule has 6 nitrogen and oxygen atoms in total. The Labute approximate surface area is 218 Å². The number of nitrogens with zero attached hydrogens (tertiary/aromatic N) is 1. The molecule has 1 aliphatic carbocycles. The Morgan fingerprint density at radius 1 is 0.973 bits per heavy atom. The number of fused-ring (bicyclic) bond motifs is 1. The fourth-order valence-electron chi connectivity index (χ4n) is 5.69. The lowest BCUT2D eigenvalue weighted by atomic mass is 9.77. The second kappa shape index (κ2) is 10.8. The maximum Gasteiger partial charge on any atom is 0.303 e. The molecule has 1 heterocycles. The summed E-state index contributed by atoms with van der Waals surface area (Å²) in [4.78, 5) is 26.1. The molecule has 0 saturated heterocycles. The third kappa shape index (κ3) is 5.54. The normalized spacial score (nSPS) is 22.0. The van der Waals surface area contributed by atoms with E-state index in [1.165, 1.54) is 5.56 Å². The quantitative estimate of drug-likeness (QED) is 0.440. The van der Waals surface area contributed by atoms with Gasteiger partial charge in [-0.2, -0.15) is 0 Å². The fraction of sp³-hybridized carbons (Fsp3) is 0.355. The molecule has 3 aromatic rings. The number of hydrogen-bond acceptors (Lipinski definition) is 4. The van der Waals surface area contributed by atoms with Crippen molar-refractivity contribution in [1.82, 2.24) is 0 Å². The monoisotopic (exact) mass is 498 g/mol. The minimum absolute atomic E-state index is 0.141. The van der Waals surface area contributed by atoms with Crippen LogP contribution >= 0.6 is 0 Å². The highest BCUT2D eigenvalue weighted by atomic mass is 16.5. The number of amides is 1. The first kappa shape index (κ1) is 25.0. The van der Waals surface area contributed by atoms with Crippen molar-refractivity contribution >= 4 is 17.6 Å². The van der Waals surface area contributed by atoms with E-state index in [1.54, 1.807) is 4.90 Å². The van der Waals surface area contributed by atoms with Crippen LogP contribution in [0.1, 0.15) is 62.1 Å². The lowest BCUT2D eigenvalue weighted by Gasteiger charge is -2.35. The highest BCUT2D eigenvalue weighted by Crippen LogP contribution is 2.40. The molecular weight excluding hydrogens is 464 g/mol. The van der Waals surface area contributed by atoms with Crippen molar-refractivity contribution in [3.8, 4) is 16.9 Å². The molecule has 1 fully saturated rings. The lowest BCUT2D eigenvalue weighted by molar-refractivity contribution is -0.138. The predicted molar refractivity (Wildman–Crippen MR) is 145 cm³/mol. The fourth-order valence-corrected chi connectivity index (χ4v) is 5.69. The number of carboxylic acids is 1. The average molecular weight is 499 g/mol. The standard InChI is InChI=1S/C31H34N2O4/c1-20-19-33(31(36)30(32)25-5-3-2-4-6-25)27-16-15-26(18-28(27)37-20)24-13-11-23(12-14-24)22-9-7-21(8-10-22)17-29(34)35/h2-6,11-16,18,20-22,30H,7-10,17,19,32H2,1H3,(H,34,35)/t20?,21?,22?,30-/m1/s1. The molecule has 0 bridgehead atoms. The van der Waals surface area contributed by atoms with Crippen LogP contribution in [0.5, 0.6) is 5.75 Å². The van der Waals surface area contributed by atoms with Crippen LogP contribution in [0.15, 0.2) is 72.8 Å². The van der Waals surface area contributed by atoms with Crippen molar-refractivity contribution in [2.24, 2.45) is 11.7 Å². The topological polar surface area (TPSA) is 92.9 Å². The molecule has 37 heavy (non-hydrogen) atoms. The van der Waals surface area contributed by atoms with Crippen LogP contribution in [0.25, 0.3) is 11.1 Å². The number of anilines is 1. The smallest absolute Gasteiger partial charge is 0.303 e. The van der Waals surface area contributed by atoms with Gasteiger partial charge in [0.05, 0.1) is 12.2 Å². The molecule has 2 aliphatic rings. The van der Waals surface area contributed by atoms with Crippen LogP contribution in [0.4, 0.5) is 5.69 Å². The van der Waals surface area contributed by atoms with E-state index in [-0.39, 0.29) is 18.4 Å². The maximum atomic E-state index is 13.3. The third-order valence-corrected chi connectivity index (χ3v) is 7.73. The Bertz CT molecular complexity index is 1250. The molecule has 2 atom stereocenters. The van der Waals surface area contributed by atoms with Gasteiger partial charge in [0.2, 0.25) is 5.91 Å². The Balaban J connectivity index is 1.31. The second-order valence-electron chi connectivity index (χ2n) is 10.4. The summed E-state index contributed by atoms with van der Waals surface area (Å²) in [6.07, 6.45) is 4.16. The minimum Gasteiger partial charge on any atom is -0.487 e. The number of hydrogen-bond donors (Lipinski definition) is 2. The van der Waals surface area contributed by atoms with Crippen molar-refractivity contribution < 1.29 is 19.4 Å². The first-order chi connectivity index (χ1) is 17.9. The predicted octanol–water partition coefficient (Wildman–Crippen LogP) is 5.92. The van der Waals surface area contributed by atoms with Crippen LogP contribution < -0.4 is 15.4 Å². The van der Waals surface area contributed by atoms with Gasteiger partial charge in [-0.15, -0.1) is 0 Å². The molecular formula is C31H34N2O4. The van der Waals surface area contributed by atoms with E-state index in [1.807, 2.05) is 55.5 Å². The van der Waals surface area contributed by atoms with Crippen molar-refractivity contribution in [3.63, 3.8) is 0 Å². The first-order valence-corrected chi connectivity index (χ1v) is 13.1. The van der Waals surface area contributed by atoms with Gasteiger partial charge in [-0.3, -0.25) is 9.59 Å². The summed E-state index contributed by atoms with van der Waals surface area (Å²) in [7, 11) is 0. The van der Waals surface area contributed by atoms with Crippen LogP contribution in [-0.4, -0.2) is 29.6 Å². The number of carboxylic acid groups (broad SMARTS) is 1. The van der Waals surface area contributed by atoms with Gasteiger partial charge in [0, 0.05) is 6.42 Å². The van der Waals surface area contributed by atoms with E-state index >= 15 is 0 Å². The van der Waals surface area contributed by atoms with Crippen molar-refractivity contribution in [3.05, 3.63) is 83.9 Å². The Morgan fingerprint density at radius 3 is 2.32 bits per heavy atom. The molecule has 0 radical (unpaired) electrons. The third-order valence-electron chi connectivity index (χ3n) is 7.73. The number of rotatable bonds is 6. The van der Waals surface area contributed by atoms with Crippen LogP contribution in [0, 0.1) is 5.92 Å². The van der Waals surface area contributed by atoms with Gasteiger partial charge in [0.25, 0.3) is 0 Å². The number of ether oxygens (including phenoxy) is 1. The summed E-state index contributed by atoms with van der Waals surface area (Å²) in [6, 6.07) is 23.4. The lowest BCUT2D eigenvalue weighted by Crippen LogP contribution is -2.46. The highest BCUT2D eigenvalue weighted by Gasteiger charge is 2.31. The number of nitrogens with two attached hydrogens (primary N) is 1. The Kier molecular flexibility index (Phi) is 7.28. The first-order valence-electron chi connectivity index (χ1n) is 13.1. The van der Waals surface area contributed by atoms with Crippen LogP contribution in [-0.2, 0) is 9.59 Å². The zero-order valence-corrected chi connectivity index (χ0v) is 21.2. The molecule has 3 aromatic carbocycles. The molecule has 5 rings (SSSR count). The number of benzene rings is 3. The molecule has 1 saturated carbocycles. The van der Waals surface area contributed by atoms with E-state index in [0.717, 1.165) is 48.1 Å². The van der Waals surface area contributed by atoms with E-state index in [4.69, 9.17) is 15.6 Å². The van der Waals surface area contributed by atoms with Gasteiger partial charge in [-0.05, 0) is 78.8 Å². The van der Waals surface area contributed by atoms with Crippen molar-refractivity contribution in [1.29, 1.82) is 0 Å². The molecule has 0 aromatic heterocycles. The zero-order chi connectivity index (χ0) is 25.9. The molecule has 1 unspecified atom stereocenters. The van der Waals surface area contributed by atoms with Gasteiger partial charge in [0.1, 0.15) is 17.9 Å². The zero-order valence-electron chi connectivity index (χ0n) is 21.2. The van der Waals surface area contributed by atoms with Crippen LogP contribution in [0.3, 0.4) is 0 Å². The molecule has 1 aliphatic heterocycles. The molecule has 0 spiro atoms. The van der Waals surface area contributed by atoms with Gasteiger partial charge in [-0.1, -0.05) is 60.7 Å². The van der Waals surface area contributed by atoms with Crippen molar-refractivity contribution in [2.45, 2.75) is 57.1 Å². The minimum atomic E-state index is -0.731. The van der Waals surface area contributed by atoms with E-state index in [2.05, 4.69) is 24.3 Å². The molecule has 6 heteroatoms. The Hall–Kier alpha value is -3.64. The van der Waals surface area contributed by atoms with Gasteiger partial charge >= 0.3 is 5.97 Å². The summed E-state index contributed by atoms with van der Waals surface area (Å²) >= 11 is 0. The summed E-state index contributed by atoms with van der Waals surface area (Å²) in [5.74, 6) is 0.644. The van der Waals surface area contributed by atoms with E-state index < -0.39 is 12.0 Å². The molecule has 1 amide bonds. The van der Waals surface area contributed by atoms with Gasteiger partial charge in [-0.25, -0.2) is 0 Å². The largest absolute Gasteiger partial charge is 0.487 e. The summed E-state index contributed by atoms with van der Waals surface area (Å²) < 4.78 is 6.14. The summed E-state index contributed by atoms with van der Waals surface area (Å²) in [5.41, 5.74) is 11.3. The van der Waals surface area contributed by atoms with Gasteiger partial charge < -0.3 is 20.5 Å². The number of aliphatic carboxylic acids is 1. The van der Waals surface area contributed by atoms with E-state index in [9.17, 15) is 9.59 Å². The summed E-state index contributed by atoms with van der Waals surface area (Å²) in [6.45, 7) is 2.42. The second-order valence-corrected chi connectivity index (χ2v) is 10.4. The van der Waals surface area contributed by atoms with E-state index in [0.29, 0.717) is 24.1 Å². The number of carbonyl (C=O) groups is 2. The highest BCUT2D eigenvalue weighted by molar-refractivity contribution is 5.99. The van der Waals surface area contributed by atoms with Crippen LogP contribution in [0.2, 0.25) is 0 Å². The van der Waals surface area contributed by atoms with Crippen molar-refractivity contribution in [2.75, 3.05) is 11.4 Å². The SMILES string of the molecule is CC1CN(C(=O)[C@H](N)c2ccccc2)c2ccc(-c3ccc(C4CCC(CC(=O)O)CC4)cc3)cc2O1. The average Bonchev–Trinajstić information content (AvgIpc) is 2.92. The maximum absolute atomic E-state index is 13.3. The number of carbonyl (C=O) groups excluding carboxylic acids is 1.